The second kappa shape index (κ2) is 6.41. The highest BCUT2D eigenvalue weighted by Gasteiger charge is 2.15. The molecule has 0 spiro atoms. The Labute approximate surface area is 125 Å². The molecule has 0 aliphatic carbocycles. The molecule has 2 aromatic rings. The van der Waals surface area contributed by atoms with Crippen molar-refractivity contribution in [2.45, 2.75) is 22.9 Å². The molecule has 0 aliphatic rings. The van der Waals surface area contributed by atoms with E-state index in [4.69, 9.17) is 4.74 Å². The molecule has 100 valence electrons. The van der Waals surface area contributed by atoms with E-state index in [-0.39, 0.29) is 0 Å². The van der Waals surface area contributed by atoms with Gasteiger partial charge in [0.2, 0.25) is 0 Å². The fourth-order valence-corrected chi connectivity index (χ4v) is 2.97. The van der Waals surface area contributed by atoms with Crippen molar-refractivity contribution in [1.29, 1.82) is 0 Å². The van der Waals surface area contributed by atoms with Gasteiger partial charge in [0.25, 0.3) is 0 Å². The number of benzene rings is 1. The van der Waals surface area contributed by atoms with Gasteiger partial charge in [-0.1, -0.05) is 17.8 Å². The summed E-state index contributed by atoms with van der Waals surface area (Å²) in [6.45, 7) is 1.73. The first-order valence-electron chi connectivity index (χ1n) is 5.76. The molecule has 1 atom stereocenters. The molecule has 0 aliphatic heterocycles. The molecule has 5 heteroatoms. The third-order valence-electron chi connectivity index (χ3n) is 2.58. The summed E-state index contributed by atoms with van der Waals surface area (Å²) in [7, 11) is 1.60. The van der Waals surface area contributed by atoms with Gasteiger partial charge in [-0.2, -0.15) is 0 Å². The number of nitrogens with zero attached hydrogens (tertiary/aromatic N) is 1. The first kappa shape index (κ1) is 14.4. The minimum atomic E-state index is -0.589. The van der Waals surface area contributed by atoms with Crippen molar-refractivity contribution in [2.24, 2.45) is 0 Å². The third kappa shape index (κ3) is 3.49. The van der Waals surface area contributed by atoms with Crippen LogP contribution in [0, 0.1) is 0 Å². The van der Waals surface area contributed by atoms with Gasteiger partial charge in [0.1, 0.15) is 10.8 Å². The van der Waals surface area contributed by atoms with Crippen LogP contribution in [0.5, 0.6) is 5.75 Å². The molecule has 0 saturated heterocycles. The Morgan fingerprint density at radius 2 is 2.11 bits per heavy atom. The molecule has 3 nitrogen and oxygen atoms in total. The van der Waals surface area contributed by atoms with Crippen LogP contribution in [0.1, 0.15) is 18.6 Å². The van der Waals surface area contributed by atoms with E-state index >= 15 is 0 Å². The van der Waals surface area contributed by atoms with Gasteiger partial charge in [-0.3, -0.25) is 0 Å². The zero-order valence-electron chi connectivity index (χ0n) is 10.6. The predicted octanol–water partition coefficient (Wildman–Crippen LogP) is 4.06. The van der Waals surface area contributed by atoms with E-state index in [1.54, 1.807) is 20.2 Å². The van der Waals surface area contributed by atoms with Crippen molar-refractivity contribution in [3.63, 3.8) is 0 Å². The minimum Gasteiger partial charge on any atom is -0.496 e. The Hall–Kier alpha value is -1.04. The molecule has 0 amide bonds. The predicted molar refractivity (Wildman–Crippen MR) is 79.7 cm³/mol. The maximum absolute atomic E-state index is 9.92. The summed E-state index contributed by atoms with van der Waals surface area (Å²) in [5.41, 5.74) is 0.791. The molecule has 1 heterocycles. The second-order valence-corrected chi connectivity index (χ2v) is 5.94. The van der Waals surface area contributed by atoms with Crippen LogP contribution >= 0.6 is 27.7 Å². The monoisotopic (exact) mass is 339 g/mol. The molecule has 0 fully saturated rings. The van der Waals surface area contributed by atoms with Gasteiger partial charge in [-0.25, -0.2) is 4.98 Å². The highest BCUT2D eigenvalue weighted by atomic mass is 79.9. The van der Waals surface area contributed by atoms with Gasteiger partial charge < -0.3 is 9.84 Å². The van der Waals surface area contributed by atoms with Gasteiger partial charge in [-0.15, -0.1) is 0 Å². The molecule has 0 saturated carbocycles. The number of aliphatic hydroxyl groups excluding tert-OH is 1. The normalized spacial score (nSPS) is 12.2. The summed E-state index contributed by atoms with van der Waals surface area (Å²) in [5, 5.41) is 10.8. The zero-order chi connectivity index (χ0) is 13.8. The number of ether oxygens (including phenoxy) is 1. The smallest absolute Gasteiger partial charge is 0.125 e. The maximum Gasteiger partial charge on any atom is 0.125 e. The quantitative estimate of drug-likeness (QED) is 0.912. The maximum atomic E-state index is 9.92. The number of methoxy groups -OCH3 is 1. The number of halogens is 1. The number of aliphatic hydroxyl groups is 1. The zero-order valence-corrected chi connectivity index (χ0v) is 13.0. The molecule has 1 N–H and O–H groups in total. The number of hydrogen-bond acceptors (Lipinski definition) is 4. The molecule has 19 heavy (non-hydrogen) atoms. The first-order chi connectivity index (χ1) is 9.11. The SMILES string of the molecule is COc1cccc(Sc2ccc(Br)cn2)c1[C@H](C)O. The van der Waals surface area contributed by atoms with E-state index in [1.165, 1.54) is 11.8 Å². The highest BCUT2D eigenvalue weighted by Crippen LogP contribution is 2.37. The van der Waals surface area contributed by atoms with Crippen LogP contribution in [0.15, 0.2) is 50.9 Å². The lowest BCUT2D eigenvalue weighted by molar-refractivity contribution is 0.191. The van der Waals surface area contributed by atoms with Crippen LogP contribution in [0.3, 0.4) is 0 Å². The van der Waals surface area contributed by atoms with Crippen molar-refractivity contribution in [2.75, 3.05) is 7.11 Å². The van der Waals surface area contributed by atoms with Crippen molar-refractivity contribution < 1.29 is 9.84 Å². The van der Waals surface area contributed by atoms with Crippen LogP contribution in [-0.2, 0) is 0 Å². The largest absolute Gasteiger partial charge is 0.496 e. The summed E-state index contributed by atoms with van der Waals surface area (Å²) < 4.78 is 6.25. The Morgan fingerprint density at radius 1 is 1.32 bits per heavy atom. The molecule has 0 radical (unpaired) electrons. The standard InChI is InChI=1S/C14H14BrNO2S/c1-9(17)14-11(18-2)4-3-5-12(14)19-13-7-6-10(15)8-16-13/h3-9,17H,1-2H3/t9-/m0/s1. The van der Waals surface area contributed by atoms with E-state index in [1.807, 2.05) is 30.3 Å². The van der Waals surface area contributed by atoms with Crippen molar-refractivity contribution >= 4 is 27.7 Å². The van der Waals surface area contributed by atoms with Crippen molar-refractivity contribution in [1.82, 2.24) is 4.98 Å². The lowest BCUT2D eigenvalue weighted by Crippen LogP contribution is -1.99. The van der Waals surface area contributed by atoms with Gasteiger partial charge in [0, 0.05) is 21.1 Å². The van der Waals surface area contributed by atoms with Gasteiger partial charge in [0.05, 0.1) is 13.2 Å². The van der Waals surface area contributed by atoms with E-state index in [2.05, 4.69) is 20.9 Å². The van der Waals surface area contributed by atoms with Gasteiger partial charge >= 0.3 is 0 Å². The topological polar surface area (TPSA) is 42.4 Å². The number of rotatable bonds is 4. The Kier molecular flexibility index (Phi) is 4.85. The molecular weight excluding hydrogens is 326 g/mol. The minimum absolute atomic E-state index is 0.589. The second-order valence-electron chi connectivity index (χ2n) is 3.96. The van der Waals surface area contributed by atoms with E-state index in [9.17, 15) is 5.11 Å². The van der Waals surface area contributed by atoms with Crippen molar-refractivity contribution in [3.05, 3.63) is 46.6 Å². The molecule has 1 aromatic carbocycles. The molecule has 2 rings (SSSR count). The highest BCUT2D eigenvalue weighted by molar-refractivity contribution is 9.10. The first-order valence-corrected chi connectivity index (χ1v) is 7.37. The molecular formula is C14H14BrNO2S. The fraction of sp³-hybridized carbons (Fsp3) is 0.214. The molecule has 0 unspecified atom stereocenters. The Balaban J connectivity index is 2.36. The van der Waals surface area contributed by atoms with Crippen molar-refractivity contribution in [3.8, 4) is 5.75 Å². The number of aromatic nitrogens is 1. The van der Waals surface area contributed by atoms with E-state index in [0.29, 0.717) is 5.75 Å². The third-order valence-corrected chi connectivity index (χ3v) is 4.07. The summed E-state index contributed by atoms with van der Waals surface area (Å²) >= 11 is 4.87. The average Bonchev–Trinajstić information content (AvgIpc) is 2.40. The molecule has 1 aromatic heterocycles. The van der Waals surface area contributed by atoms with Gasteiger partial charge in [-0.05, 0) is 47.1 Å². The molecule has 0 bridgehead atoms. The van der Waals surface area contributed by atoms with Crippen LogP contribution in [0.25, 0.3) is 0 Å². The van der Waals surface area contributed by atoms with Gasteiger partial charge in [0.15, 0.2) is 0 Å². The summed E-state index contributed by atoms with van der Waals surface area (Å²) in [6.07, 6.45) is 1.17. The Morgan fingerprint density at radius 3 is 2.68 bits per heavy atom. The van der Waals surface area contributed by atoms with E-state index < -0.39 is 6.10 Å². The van der Waals surface area contributed by atoms with Crippen LogP contribution in [0.2, 0.25) is 0 Å². The van der Waals surface area contributed by atoms with Crippen LogP contribution in [0.4, 0.5) is 0 Å². The lowest BCUT2D eigenvalue weighted by Gasteiger charge is -2.15. The van der Waals surface area contributed by atoms with E-state index in [0.717, 1.165) is 20.0 Å². The number of hydrogen-bond donors (Lipinski definition) is 1. The average molecular weight is 340 g/mol. The summed E-state index contributed by atoms with van der Waals surface area (Å²) in [5.74, 6) is 0.692. The number of pyridine rings is 1. The summed E-state index contributed by atoms with van der Waals surface area (Å²) in [6, 6.07) is 9.59. The van der Waals surface area contributed by atoms with Crippen LogP contribution < -0.4 is 4.74 Å². The fourth-order valence-electron chi connectivity index (χ4n) is 1.74. The van der Waals surface area contributed by atoms with Crippen LogP contribution in [-0.4, -0.2) is 17.2 Å². The Bertz CT molecular complexity index is 558. The lowest BCUT2D eigenvalue weighted by atomic mass is 10.1. The summed E-state index contributed by atoms with van der Waals surface area (Å²) in [4.78, 5) is 5.27.